The number of carbonyl (C=O) groups is 2. The average Bonchev–Trinajstić information content (AvgIpc) is 3.00. The van der Waals surface area contributed by atoms with Crippen LogP contribution in [-0.4, -0.2) is 28.1 Å². The van der Waals surface area contributed by atoms with Crippen LogP contribution in [0.25, 0.3) is 5.69 Å². The molecule has 1 aliphatic carbocycles. The summed E-state index contributed by atoms with van der Waals surface area (Å²) < 4.78 is 12.7. The highest BCUT2D eigenvalue weighted by molar-refractivity contribution is 6.31. The van der Waals surface area contributed by atoms with E-state index >= 15 is 0 Å². The molecule has 2 aromatic rings. The standard InChI is InChI=1S/C24H26ClN3O4/c1-5-31-23(30)20-19(18-15(29)11-24(3,4)12-16(18)32-22(20)26)17-13(2)27-28(21(17)25)14-9-7-6-8-10-14/h6-10,19H,5,11-12,26H2,1-4H3/t19-/m0/s1. The molecule has 1 aliphatic heterocycles. The van der Waals surface area contributed by atoms with Crippen molar-refractivity contribution in [2.75, 3.05) is 6.61 Å². The number of hydrogen-bond acceptors (Lipinski definition) is 6. The Kier molecular flexibility index (Phi) is 5.63. The molecule has 7 nitrogen and oxygen atoms in total. The van der Waals surface area contributed by atoms with Gasteiger partial charge in [0, 0.05) is 24.0 Å². The zero-order valence-corrected chi connectivity index (χ0v) is 19.3. The summed E-state index contributed by atoms with van der Waals surface area (Å²) in [6, 6.07) is 9.41. The van der Waals surface area contributed by atoms with E-state index in [0.717, 1.165) is 5.69 Å². The maximum atomic E-state index is 13.3. The maximum Gasteiger partial charge on any atom is 0.340 e. The third-order valence-corrected chi connectivity index (χ3v) is 6.15. The van der Waals surface area contributed by atoms with Gasteiger partial charge >= 0.3 is 5.97 Å². The Balaban J connectivity index is 1.95. The molecule has 1 aromatic heterocycles. The van der Waals surface area contributed by atoms with Crippen molar-refractivity contribution in [3.05, 3.63) is 69.5 Å². The summed E-state index contributed by atoms with van der Waals surface area (Å²) in [5.74, 6) is -1.14. The summed E-state index contributed by atoms with van der Waals surface area (Å²) in [6.45, 7) is 7.66. The van der Waals surface area contributed by atoms with Crippen molar-refractivity contribution in [2.24, 2.45) is 11.1 Å². The Bertz CT molecular complexity index is 1160. The fourth-order valence-electron chi connectivity index (χ4n) is 4.46. The number of ether oxygens (including phenoxy) is 2. The number of benzene rings is 1. The van der Waals surface area contributed by atoms with Gasteiger partial charge in [0.25, 0.3) is 0 Å². The van der Waals surface area contributed by atoms with Gasteiger partial charge in [-0.1, -0.05) is 43.6 Å². The summed E-state index contributed by atoms with van der Waals surface area (Å²) in [5.41, 5.74) is 8.33. The highest BCUT2D eigenvalue weighted by Gasteiger charge is 2.46. The molecule has 0 radical (unpaired) electrons. The Morgan fingerprint density at radius 3 is 2.66 bits per heavy atom. The van der Waals surface area contributed by atoms with Gasteiger partial charge in [-0.25, -0.2) is 9.48 Å². The highest BCUT2D eigenvalue weighted by atomic mass is 35.5. The van der Waals surface area contributed by atoms with Crippen molar-refractivity contribution in [2.45, 2.75) is 46.5 Å². The number of rotatable bonds is 4. The lowest BCUT2D eigenvalue weighted by Gasteiger charge is -2.37. The number of para-hydroxylation sites is 1. The number of Topliss-reactive ketones (excluding diaryl/α,β-unsaturated/α-hetero) is 1. The van der Waals surface area contributed by atoms with Crippen LogP contribution in [0.3, 0.4) is 0 Å². The normalized spacial score (nSPS) is 20.2. The molecule has 0 saturated heterocycles. The maximum absolute atomic E-state index is 13.3. The Morgan fingerprint density at radius 1 is 1.31 bits per heavy atom. The van der Waals surface area contributed by atoms with Crippen LogP contribution >= 0.6 is 11.6 Å². The largest absolute Gasteiger partial charge is 0.462 e. The SMILES string of the molecule is CCOC(=O)C1=C(N)OC2=C(C(=O)CC(C)(C)C2)[C@@H]1c1c(C)nn(-c2ccccc2)c1Cl. The summed E-state index contributed by atoms with van der Waals surface area (Å²) in [6.07, 6.45) is 0.843. The minimum atomic E-state index is -0.814. The molecule has 2 heterocycles. The zero-order valence-electron chi connectivity index (χ0n) is 18.6. The number of hydrogen-bond donors (Lipinski definition) is 1. The Morgan fingerprint density at radius 2 is 2.00 bits per heavy atom. The molecule has 32 heavy (non-hydrogen) atoms. The number of aromatic nitrogens is 2. The summed E-state index contributed by atoms with van der Waals surface area (Å²) in [4.78, 5) is 26.3. The predicted molar refractivity (Wildman–Crippen MR) is 120 cm³/mol. The van der Waals surface area contributed by atoms with Crippen molar-refractivity contribution in [1.29, 1.82) is 0 Å². The van der Waals surface area contributed by atoms with Gasteiger partial charge in [-0.15, -0.1) is 0 Å². The fraction of sp³-hybridized carbons (Fsp3) is 0.375. The van der Waals surface area contributed by atoms with E-state index in [1.807, 2.05) is 44.2 Å². The molecular formula is C24H26ClN3O4. The second-order valence-electron chi connectivity index (χ2n) is 8.85. The van der Waals surface area contributed by atoms with Gasteiger partial charge in [-0.05, 0) is 31.4 Å². The van der Waals surface area contributed by atoms with E-state index in [2.05, 4.69) is 5.10 Å². The molecule has 0 bridgehead atoms. The average molecular weight is 456 g/mol. The molecule has 0 spiro atoms. The zero-order chi connectivity index (χ0) is 23.2. The number of nitrogens with zero attached hydrogens (tertiary/aromatic N) is 2. The third-order valence-electron chi connectivity index (χ3n) is 5.79. The topological polar surface area (TPSA) is 96.4 Å². The molecule has 8 heteroatoms. The van der Waals surface area contributed by atoms with Gasteiger partial charge in [0.2, 0.25) is 5.88 Å². The van der Waals surface area contributed by atoms with Crippen molar-refractivity contribution in [3.63, 3.8) is 0 Å². The molecule has 1 aromatic carbocycles. The number of allylic oxidation sites excluding steroid dienone is 2. The van der Waals surface area contributed by atoms with E-state index < -0.39 is 11.9 Å². The van der Waals surface area contributed by atoms with Crippen LogP contribution in [-0.2, 0) is 19.1 Å². The van der Waals surface area contributed by atoms with Crippen LogP contribution in [0.1, 0.15) is 50.8 Å². The Labute approximate surface area is 191 Å². The highest BCUT2D eigenvalue weighted by Crippen LogP contribution is 2.50. The van der Waals surface area contributed by atoms with Gasteiger partial charge in [0.1, 0.15) is 16.5 Å². The van der Waals surface area contributed by atoms with Gasteiger partial charge in [-0.2, -0.15) is 5.10 Å². The molecule has 4 rings (SSSR count). The number of nitrogens with two attached hydrogens (primary N) is 1. The van der Waals surface area contributed by atoms with Gasteiger partial charge < -0.3 is 15.2 Å². The molecule has 168 valence electrons. The molecule has 0 saturated carbocycles. The van der Waals surface area contributed by atoms with E-state index in [9.17, 15) is 9.59 Å². The monoisotopic (exact) mass is 455 g/mol. The first-order chi connectivity index (χ1) is 15.1. The quantitative estimate of drug-likeness (QED) is 0.689. The lowest BCUT2D eigenvalue weighted by molar-refractivity contribution is -0.139. The minimum Gasteiger partial charge on any atom is -0.462 e. The molecule has 2 aliphatic rings. The molecule has 0 unspecified atom stereocenters. The fourth-order valence-corrected chi connectivity index (χ4v) is 4.84. The van der Waals surface area contributed by atoms with Crippen molar-refractivity contribution < 1.29 is 19.1 Å². The van der Waals surface area contributed by atoms with Gasteiger partial charge in [-0.3, -0.25) is 4.79 Å². The number of esters is 1. The second-order valence-corrected chi connectivity index (χ2v) is 9.21. The van der Waals surface area contributed by atoms with Crippen molar-refractivity contribution >= 4 is 23.4 Å². The van der Waals surface area contributed by atoms with E-state index in [1.165, 1.54) is 0 Å². The lowest BCUT2D eigenvalue weighted by Crippen LogP contribution is -2.36. The Hall–Kier alpha value is -3.06. The van der Waals surface area contributed by atoms with E-state index in [4.69, 9.17) is 26.8 Å². The number of ketones is 1. The first-order valence-corrected chi connectivity index (χ1v) is 10.9. The van der Waals surface area contributed by atoms with Crippen LogP contribution < -0.4 is 5.73 Å². The summed E-state index contributed by atoms with van der Waals surface area (Å²) in [7, 11) is 0. The van der Waals surface area contributed by atoms with Gasteiger partial charge in [0.15, 0.2) is 5.78 Å². The van der Waals surface area contributed by atoms with Crippen LogP contribution in [0.2, 0.25) is 5.15 Å². The molecule has 1 atom stereocenters. The number of carbonyl (C=O) groups excluding carboxylic acids is 2. The minimum absolute atomic E-state index is 0.0689. The molecule has 2 N–H and O–H groups in total. The van der Waals surface area contributed by atoms with Crippen LogP contribution in [0.4, 0.5) is 0 Å². The van der Waals surface area contributed by atoms with Crippen molar-refractivity contribution in [3.8, 4) is 5.69 Å². The first-order valence-electron chi connectivity index (χ1n) is 10.6. The third kappa shape index (κ3) is 3.71. The van der Waals surface area contributed by atoms with Crippen LogP contribution in [0.15, 0.2) is 53.1 Å². The van der Waals surface area contributed by atoms with Crippen molar-refractivity contribution in [1.82, 2.24) is 9.78 Å². The van der Waals surface area contributed by atoms with E-state index in [0.29, 0.717) is 40.6 Å². The van der Waals surface area contributed by atoms with E-state index in [-0.39, 0.29) is 29.3 Å². The predicted octanol–water partition coefficient (Wildman–Crippen LogP) is 4.32. The smallest absolute Gasteiger partial charge is 0.340 e. The summed E-state index contributed by atoms with van der Waals surface area (Å²) >= 11 is 6.84. The number of halogens is 1. The van der Waals surface area contributed by atoms with Crippen LogP contribution in [0.5, 0.6) is 0 Å². The van der Waals surface area contributed by atoms with Gasteiger partial charge in [0.05, 0.1) is 23.9 Å². The molecular weight excluding hydrogens is 430 g/mol. The number of aryl methyl sites for hydroxylation is 1. The first kappa shape index (κ1) is 22.1. The van der Waals surface area contributed by atoms with Crippen LogP contribution in [0, 0.1) is 12.3 Å². The summed E-state index contributed by atoms with van der Waals surface area (Å²) in [5, 5.41) is 4.91. The van der Waals surface area contributed by atoms with E-state index in [1.54, 1.807) is 18.5 Å². The molecule has 0 fully saturated rings. The molecule has 0 amide bonds. The second kappa shape index (κ2) is 8.13. The lowest BCUT2D eigenvalue weighted by atomic mass is 9.70.